The van der Waals surface area contributed by atoms with Gasteiger partial charge in [-0.15, -0.1) is 0 Å². The van der Waals surface area contributed by atoms with E-state index >= 15 is 0 Å². The summed E-state index contributed by atoms with van der Waals surface area (Å²) in [7, 11) is 0. The first-order valence-electron chi connectivity index (χ1n) is 7.60. The van der Waals surface area contributed by atoms with Crippen LogP contribution in [0.25, 0.3) is 0 Å². The third kappa shape index (κ3) is 8.02. The molecule has 0 aliphatic rings. The van der Waals surface area contributed by atoms with Gasteiger partial charge in [-0.3, -0.25) is 4.84 Å². The number of unbranched alkanes of at least 4 members (excludes halogenated alkanes) is 5. The van der Waals surface area contributed by atoms with Crippen LogP contribution in [0.4, 0.5) is 0 Å². The predicted molar refractivity (Wildman–Crippen MR) is 81.5 cm³/mol. The number of rotatable bonds is 11. The monoisotopic (exact) mass is 262 g/mol. The van der Waals surface area contributed by atoms with Crippen LogP contribution in [0.15, 0.2) is 30.3 Å². The van der Waals surface area contributed by atoms with Crippen molar-refractivity contribution in [1.29, 1.82) is 0 Å². The Morgan fingerprint density at radius 2 is 1.84 bits per heavy atom. The fraction of sp³-hybridized carbons (Fsp3) is 0.588. The average Bonchev–Trinajstić information content (AvgIpc) is 2.47. The second-order valence-corrected chi connectivity index (χ2v) is 4.83. The SMILES string of the molecule is CC[CH]CCCCCN(CC)OCc1ccccc1. The van der Waals surface area contributed by atoms with E-state index in [4.69, 9.17) is 4.84 Å². The van der Waals surface area contributed by atoms with E-state index in [1.54, 1.807) is 0 Å². The molecule has 0 spiro atoms. The fourth-order valence-corrected chi connectivity index (χ4v) is 2.01. The maximum Gasteiger partial charge on any atom is 0.0935 e. The smallest absolute Gasteiger partial charge is 0.0935 e. The van der Waals surface area contributed by atoms with Gasteiger partial charge in [-0.25, -0.2) is 0 Å². The minimum Gasteiger partial charge on any atom is -0.294 e. The molecule has 0 heterocycles. The third-order valence-corrected chi connectivity index (χ3v) is 3.21. The van der Waals surface area contributed by atoms with Gasteiger partial charge in [-0.1, -0.05) is 69.9 Å². The first-order valence-corrected chi connectivity index (χ1v) is 7.60. The quantitative estimate of drug-likeness (QED) is 0.426. The van der Waals surface area contributed by atoms with Gasteiger partial charge < -0.3 is 0 Å². The molecule has 19 heavy (non-hydrogen) atoms. The van der Waals surface area contributed by atoms with Gasteiger partial charge in [0.1, 0.15) is 0 Å². The zero-order valence-corrected chi connectivity index (χ0v) is 12.5. The maximum absolute atomic E-state index is 5.83. The van der Waals surface area contributed by atoms with Crippen molar-refractivity contribution in [2.75, 3.05) is 13.1 Å². The van der Waals surface area contributed by atoms with Gasteiger partial charge in [-0.05, 0) is 18.4 Å². The molecular weight excluding hydrogens is 234 g/mol. The topological polar surface area (TPSA) is 12.5 Å². The van der Waals surface area contributed by atoms with E-state index in [2.05, 4.69) is 49.6 Å². The Hall–Kier alpha value is -0.860. The number of hydroxylamine groups is 2. The molecule has 0 aliphatic carbocycles. The molecule has 0 saturated carbocycles. The molecular formula is C17H28NO. The molecule has 0 saturated heterocycles. The van der Waals surface area contributed by atoms with Crippen molar-refractivity contribution >= 4 is 0 Å². The summed E-state index contributed by atoms with van der Waals surface area (Å²) >= 11 is 0. The normalized spacial score (nSPS) is 11.1. The van der Waals surface area contributed by atoms with Gasteiger partial charge in [0.25, 0.3) is 0 Å². The molecule has 0 fully saturated rings. The van der Waals surface area contributed by atoms with E-state index < -0.39 is 0 Å². The summed E-state index contributed by atoms with van der Waals surface area (Å²) in [6.07, 6.45) is 8.64. The van der Waals surface area contributed by atoms with E-state index in [-0.39, 0.29) is 0 Å². The Balaban J connectivity index is 2.09. The lowest BCUT2D eigenvalue weighted by Gasteiger charge is -2.20. The zero-order valence-electron chi connectivity index (χ0n) is 12.5. The standard InChI is InChI=1S/C17H28NO/c1-3-5-6-7-8-12-15-18(4-2)19-16-17-13-10-9-11-14-17/h5,9-11,13-14H,3-4,6-8,12,15-16H2,1-2H3. The van der Waals surface area contributed by atoms with Gasteiger partial charge >= 0.3 is 0 Å². The molecule has 0 unspecified atom stereocenters. The first-order chi connectivity index (χ1) is 9.36. The Bertz CT molecular complexity index is 299. The van der Waals surface area contributed by atoms with Crippen LogP contribution in [0.2, 0.25) is 0 Å². The summed E-state index contributed by atoms with van der Waals surface area (Å²) in [4.78, 5) is 5.83. The summed E-state index contributed by atoms with van der Waals surface area (Å²) in [5.41, 5.74) is 1.23. The molecule has 107 valence electrons. The van der Waals surface area contributed by atoms with E-state index in [0.717, 1.165) is 13.1 Å². The second-order valence-electron chi connectivity index (χ2n) is 4.83. The molecule has 0 amide bonds. The van der Waals surface area contributed by atoms with Gasteiger partial charge in [0.15, 0.2) is 0 Å². The van der Waals surface area contributed by atoms with Crippen molar-refractivity contribution in [1.82, 2.24) is 5.06 Å². The molecule has 1 aromatic carbocycles. The predicted octanol–water partition coefficient (Wildman–Crippen LogP) is 4.61. The number of hydrogen-bond donors (Lipinski definition) is 0. The number of hydrogen-bond acceptors (Lipinski definition) is 2. The molecule has 1 aromatic rings. The average molecular weight is 262 g/mol. The van der Waals surface area contributed by atoms with Gasteiger partial charge in [-0.2, -0.15) is 5.06 Å². The molecule has 0 atom stereocenters. The van der Waals surface area contributed by atoms with Gasteiger partial charge in [0, 0.05) is 13.1 Å². The molecule has 0 bridgehead atoms. The van der Waals surface area contributed by atoms with Crippen molar-refractivity contribution in [3.63, 3.8) is 0 Å². The lowest BCUT2D eigenvalue weighted by molar-refractivity contribution is -0.167. The summed E-state index contributed by atoms with van der Waals surface area (Å²) < 4.78 is 0. The maximum atomic E-state index is 5.83. The summed E-state index contributed by atoms with van der Waals surface area (Å²) in [5.74, 6) is 0. The van der Waals surface area contributed by atoms with Crippen molar-refractivity contribution in [3.8, 4) is 0 Å². The van der Waals surface area contributed by atoms with Crippen LogP contribution in [0.3, 0.4) is 0 Å². The van der Waals surface area contributed by atoms with Gasteiger partial charge in [0.2, 0.25) is 0 Å². The van der Waals surface area contributed by atoms with Crippen LogP contribution >= 0.6 is 0 Å². The Morgan fingerprint density at radius 3 is 2.53 bits per heavy atom. The minimum atomic E-state index is 0.679. The lowest BCUT2D eigenvalue weighted by Crippen LogP contribution is -2.24. The Kier molecular flexibility index (Phi) is 9.38. The molecule has 0 aromatic heterocycles. The highest BCUT2D eigenvalue weighted by Gasteiger charge is 2.02. The van der Waals surface area contributed by atoms with Crippen LogP contribution < -0.4 is 0 Å². The lowest BCUT2D eigenvalue weighted by atomic mass is 10.1. The van der Waals surface area contributed by atoms with Crippen molar-refractivity contribution in [3.05, 3.63) is 42.3 Å². The van der Waals surface area contributed by atoms with Crippen molar-refractivity contribution in [2.45, 2.75) is 52.6 Å². The van der Waals surface area contributed by atoms with Crippen LogP contribution in [-0.2, 0) is 11.4 Å². The highest BCUT2D eigenvalue weighted by Crippen LogP contribution is 2.07. The molecule has 2 nitrogen and oxygen atoms in total. The zero-order chi connectivity index (χ0) is 13.8. The van der Waals surface area contributed by atoms with Crippen LogP contribution in [0.1, 0.15) is 51.5 Å². The Labute approximate surface area is 118 Å². The van der Waals surface area contributed by atoms with E-state index in [9.17, 15) is 0 Å². The Morgan fingerprint density at radius 1 is 1.05 bits per heavy atom. The number of nitrogens with zero attached hydrogens (tertiary/aromatic N) is 1. The van der Waals surface area contributed by atoms with Crippen LogP contribution in [0.5, 0.6) is 0 Å². The number of benzene rings is 1. The summed E-state index contributed by atoms with van der Waals surface area (Å²) in [6.45, 7) is 7.02. The molecule has 1 rings (SSSR count). The molecule has 1 radical (unpaired) electrons. The minimum absolute atomic E-state index is 0.679. The van der Waals surface area contributed by atoms with Crippen LogP contribution in [0, 0.1) is 6.42 Å². The van der Waals surface area contributed by atoms with E-state index in [0.29, 0.717) is 6.61 Å². The highest BCUT2D eigenvalue weighted by molar-refractivity contribution is 5.13. The second kappa shape index (κ2) is 11.0. The first kappa shape index (κ1) is 16.2. The van der Waals surface area contributed by atoms with E-state index in [1.807, 2.05) is 6.07 Å². The summed E-state index contributed by atoms with van der Waals surface area (Å²) in [5, 5.41) is 2.08. The van der Waals surface area contributed by atoms with Crippen molar-refractivity contribution < 1.29 is 4.84 Å². The van der Waals surface area contributed by atoms with Crippen molar-refractivity contribution in [2.24, 2.45) is 0 Å². The third-order valence-electron chi connectivity index (χ3n) is 3.21. The molecule has 0 aliphatic heterocycles. The summed E-state index contributed by atoms with van der Waals surface area (Å²) in [6, 6.07) is 10.4. The molecule has 0 N–H and O–H groups in total. The van der Waals surface area contributed by atoms with Crippen LogP contribution in [-0.4, -0.2) is 18.2 Å². The van der Waals surface area contributed by atoms with E-state index in [1.165, 1.54) is 37.7 Å². The largest absolute Gasteiger partial charge is 0.294 e. The molecule has 2 heteroatoms. The highest BCUT2D eigenvalue weighted by atomic mass is 16.7. The fourth-order valence-electron chi connectivity index (χ4n) is 2.01. The van der Waals surface area contributed by atoms with Gasteiger partial charge in [0.05, 0.1) is 6.61 Å².